The van der Waals surface area contributed by atoms with Crippen LogP contribution in [0.5, 0.6) is 0 Å². The van der Waals surface area contributed by atoms with Gasteiger partial charge < -0.3 is 20.5 Å². The second-order valence-corrected chi connectivity index (χ2v) is 4.92. The van der Waals surface area contributed by atoms with Gasteiger partial charge in [0.2, 0.25) is 0 Å². The van der Waals surface area contributed by atoms with E-state index in [4.69, 9.17) is 15.6 Å². The fourth-order valence-electron chi connectivity index (χ4n) is 2.37. The maximum absolute atomic E-state index is 10.8. The molecule has 1 fully saturated rings. The molecular weight excluding hydrogens is 244 g/mol. The maximum Gasteiger partial charge on any atom is 0.335 e. The van der Waals surface area contributed by atoms with Crippen LogP contribution in [0.15, 0.2) is 18.2 Å². The Morgan fingerprint density at radius 1 is 1.58 bits per heavy atom. The number of rotatable bonds is 5. The highest BCUT2D eigenvalue weighted by molar-refractivity contribution is 5.90. The molecule has 19 heavy (non-hydrogen) atoms. The van der Waals surface area contributed by atoms with E-state index in [0.717, 1.165) is 38.1 Å². The van der Waals surface area contributed by atoms with Crippen LogP contribution < -0.4 is 10.6 Å². The zero-order chi connectivity index (χ0) is 13.8. The van der Waals surface area contributed by atoms with Crippen LogP contribution in [-0.2, 0) is 4.74 Å². The molecule has 1 aromatic rings. The molecule has 0 amide bonds. The summed E-state index contributed by atoms with van der Waals surface area (Å²) in [5, 5.41) is 8.90. The maximum atomic E-state index is 10.8. The molecule has 0 aliphatic carbocycles. The molecule has 1 aromatic carbocycles. The highest BCUT2D eigenvalue weighted by Crippen LogP contribution is 2.24. The van der Waals surface area contributed by atoms with Crippen LogP contribution in [0.2, 0.25) is 0 Å². The Bertz CT molecular complexity index is 456. The number of carbonyl (C=O) groups is 1. The van der Waals surface area contributed by atoms with Crippen molar-refractivity contribution < 1.29 is 14.6 Å². The van der Waals surface area contributed by atoms with Crippen molar-refractivity contribution in [2.45, 2.75) is 25.4 Å². The third kappa shape index (κ3) is 3.38. The molecule has 104 valence electrons. The van der Waals surface area contributed by atoms with Crippen molar-refractivity contribution >= 4 is 17.3 Å². The summed E-state index contributed by atoms with van der Waals surface area (Å²) < 4.78 is 5.58. The predicted octanol–water partition coefficient (Wildman–Crippen LogP) is 1.97. The molecule has 1 atom stereocenters. The average molecular weight is 264 g/mol. The first kappa shape index (κ1) is 13.7. The van der Waals surface area contributed by atoms with Gasteiger partial charge in [-0.05, 0) is 37.5 Å². The molecule has 1 heterocycles. The van der Waals surface area contributed by atoms with E-state index < -0.39 is 5.97 Å². The topological polar surface area (TPSA) is 75.8 Å². The first-order valence-corrected chi connectivity index (χ1v) is 6.53. The summed E-state index contributed by atoms with van der Waals surface area (Å²) in [7, 11) is 1.96. The average Bonchev–Trinajstić information content (AvgIpc) is 2.88. The summed E-state index contributed by atoms with van der Waals surface area (Å²) in [5.41, 5.74) is 7.48. The number of benzene rings is 1. The van der Waals surface area contributed by atoms with Crippen LogP contribution in [0.4, 0.5) is 11.4 Å². The number of nitrogens with zero attached hydrogens (tertiary/aromatic N) is 1. The van der Waals surface area contributed by atoms with Gasteiger partial charge >= 0.3 is 5.97 Å². The number of ether oxygens (including phenoxy) is 1. The van der Waals surface area contributed by atoms with Gasteiger partial charge in [0.1, 0.15) is 0 Å². The summed E-state index contributed by atoms with van der Waals surface area (Å²) in [6.07, 6.45) is 3.59. The van der Waals surface area contributed by atoms with Crippen LogP contribution in [0, 0.1) is 0 Å². The molecule has 0 aromatic heterocycles. The zero-order valence-electron chi connectivity index (χ0n) is 11.1. The number of aromatic carboxylic acids is 1. The number of carboxylic acids is 1. The number of nitrogen functional groups attached to an aromatic ring is 1. The Morgan fingerprint density at radius 3 is 2.95 bits per heavy atom. The van der Waals surface area contributed by atoms with Gasteiger partial charge in [0.15, 0.2) is 0 Å². The van der Waals surface area contributed by atoms with Gasteiger partial charge in [-0.2, -0.15) is 0 Å². The number of anilines is 2. The fourth-order valence-corrected chi connectivity index (χ4v) is 2.37. The lowest BCUT2D eigenvalue weighted by atomic mass is 10.1. The van der Waals surface area contributed by atoms with Crippen molar-refractivity contribution in [2.24, 2.45) is 0 Å². The second-order valence-electron chi connectivity index (χ2n) is 4.92. The van der Waals surface area contributed by atoms with Gasteiger partial charge in [-0.1, -0.05) is 0 Å². The van der Waals surface area contributed by atoms with E-state index in [1.54, 1.807) is 12.1 Å². The van der Waals surface area contributed by atoms with Crippen molar-refractivity contribution in [1.82, 2.24) is 0 Å². The molecule has 0 saturated carbocycles. The van der Waals surface area contributed by atoms with Gasteiger partial charge in [-0.25, -0.2) is 4.79 Å². The minimum absolute atomic E-state index is 0.216. The summed E-state index contributed by atoms with van der Waals surface area (Å²) in [6.45, 7) is 1.71. The number of carboxylic acid groups (broad SMARTS) is 1. The van der Waals surface area contributed by atoms with E-state index in [9.17, 15) is 4.79 Å². The molecule has 3 N–H and O–H groups in total. The smallest absolute Gasteiger partial charge is 0.335 e. The van der Waals surface area contributed by atoms with Gasteiger partial charge in [-0.15, -0.1) is 0 Å². The Kier molecular flexibility index (Phi) is 4.27. The summed E-state index contributed by atoms with van der Waals surface area (Å²) in [6, 6.07) is 4.84. The quantitative estimate of drug-likeness (QED) is 0.795. The van der Waals surface area contributed by atoms with E-state index in [1.165, 1.54) is 6.07 Å². The third-order valence-corrected chi connectivity index (χ3v) is 3.50. The van der Waals surface area contributed by atoms with E-state index in [2.05, 4.69) is 0 Å². The molecular formula is C14H20N2O3. The minimum Gasteiger partial charge on any atom is -0.478 e. The van der Waals surface area contributed by atoms with Crippen LogP contribution >= 0.6 is 0 Å². The third-order valence-electron chi connectivity index (χ3n) is 3.50. The Hall–Kier alpha value is -1.75. The first-order valence-electron chi connectivity index (χ1n) is 6.53. The molecule has 1 aliphatic rings. The molecule has 0 radical (unpaired) electrons. The molecule has 1 aliphatic heterocycles. The molecule has 0 spiro atoms. The molecule has 5 nitrogen and oxygen atoms in total. The van der Waals surface area contributed by atoms with Crippen LogP contribution in [0.1, 0.15) is 29.6 Å². The highest BCUT2D eigenvalue weighted by atomic mass is 16.5. The molecule has 1 unspecified atom stereocenters. The summed E-state index contributed by atoms with van der Waals surface area (Å²) in [4.78, 5) is 12.9. The molecule has 0 bridgehead atoms. The Morgan fingerprint density at radius 2 is 2.37 bits per heavy atom. The monoisotopic (exact) mass is 264 g/mol. The van der Waals surface area contributed by atoms with Gasteiger partial charge in [0, 0.05) is 20.2 Å². The highest BCUT2D eigenvalue weighted by Gasteiger charge is 2.16. The van der Waals surface area contributed by atoms with Crippen LogP contribution in [-0.4, -0.2) is 37.4 Å². The van der Waals surface area contributed by atoms with Gasteiger partial charge in [0.05, 0.1) is 23.0 Å². The largest absolute Gasteiger partial charge is 0.478 e. The van der Waals surface area contributed by atoms with E-state index in [1.807, 2.05) is 11.9 Å². The number of hydrogen-bond donors (Lipinski definition) is 2. The second kappa shape index (κ2) is 5.93. The first-order chi connectivity index (χ1) is 9.08. The van der Waals surface area contributed by atoms with E-state index in [-0.39, 0.29) is 5.56 Å². The summed E-state index contributed by atoms with van der Waals surface area (Å²) >= 11 is 0. The number of hydrogen-bond acceptors (Lipinski definition) is 4. The van der Waals surface area contributed by atoms with E-state index >= 15 is 0 Å². The SMILES string of the molecule is CN(CCC1CCCO1)c1ccc(C(=O)O)cc1N. The zero-order valence-corrected chi connectivity index (χ0v) is 11.1. The van der Waals surface area contributed by atoms with Gasteiger partial charge in [0.25, 0.3) is 0 Å². The summed E-state index contributed by atoms with van der Waals surface area (Å²) in [5.74, 6) is -0.958. The lowest BCUT2D eigenvalue weighted by Gasteiger charge is -2.22. The molecule has 5 heteroatoms. The lowest BCUT2D eigenvalue weighted by Crippen LogP contribution is -2.23. The van der Waals surface area contributed by atoms with Crippen molar-refractivity contribution in [1.29, 1.82) is 0 Å². The lowest BCUT2D eigenvalue weighted by molar-refractivity contribution is 0.0697. The standard InChI is InChI=1S/C14H20N2O3/c1-16(7-6-11-3-2-8-19-11)13-5-4-10(14(17)18)9-12(13)15/h4-5,9,11H,2-3,6-8,15H2,1H3,(H,17,18). The van der Waals surface area contributed by atoms with Crippen molar-refractivity contribution in [3.8, 4) is 0 Å². The van der Waals surface area contributed by atoms with Crippen LogP contribution in [0.3, 0.4) is 0 Å². The van der Waals surface area contributed by atoms with Crippen LogP contribution in [0.25, 0.3) is 0 Å². The normalized spacial score (nSPS) is 18.5. The van der Waals surface area contributed by atoms with Crippen molar-refractivity contribution in [2.75, 3.05) is 30.8 Å². The minimum atomic E-state index is -0.958. The molecule has 2 rings (SSSR count). The van der Waals surface area contributed by atoms with Crippen molar-refractivity contribution in [3.63, 3.8) is 0 Å². The Labute approximate surface area is 113 Å². The predicted molar refractivity (Wildman–Crippen MR) is 74.7 cm³/mol. The Balaban J connectivity index is 1.98. The van der Waals surface area contributed by atoms with Gasteiger partial charge in [-0.3, -0.25) is 0 Å². The number of nitrogens with two attached hydrogens (primary N) is 1. The fraction of sp³-hybridized carbons (Fsp3) is 0.500. The van der Waals surface area contributed by atoms with E-state index in [0.29, 0.717) is 11.8 Å². The van der Waals surface area contributed by atoms with Crippen molar-refractivity contribution in [3.05, 3.63) is 23.8 Å². The molecule has 1 saturated heterocycles.